The summed E-state index contributed by atoms with van der Waals surface area (Å²) >= 11 is 0. The van der Waals surface area contributed by atoms with Crippen molar-refractivity contribution in [2.75, 3.05) is 0 Å². The summed E-state index contributed by atoms with van der Waals surface area (Å²) in [5, 5.41) is 2.16. The minimum atomic E-state index is -3.80. The Kier molecular flexibility index (Phi) is 2.17. The summed E-state index contributed by atoms with van der Waals surface area (Å²) in [5.41, 5.74) is -1.19. The van der Waals surface area contributed by atoms with Gasteiger partial charge in [-0.15, -0.1) is 0 Å². The minimum Gasteiger partial charge on any atom is -0.471 e. The van der Waals surface area contributed by atoms with Gasteiger partial charge in [0.05, 0.1) is 6.26 Å². The number of piperidine rings is 2. The lowest BCUT2D eigenvalue weighted by Gasteiger charge is -2.49. The van der Waals surface area contributed by atoms with Crippen molar-refractivity contribution < 1.29 is 22.4 Å². The van der Waals surface area contributed by atoms with E-state index in [2.05, 4.69) is 10.0 Å². The molecule has 18 heavy (non-hydrogen) atoms. The van der Waals surface area contributed by atoms with Crippen molar-refractivity contribution in [2.24, 2.45) is 5.92 Å². The predicted molar refractivity (Wildman–Crippen MR) is 57.6 cm³/mol. The summed E-state index contributed by atoms with van der Waals surface area (Å²) in [7, 11) is -3.80. The topological polar surface area (TPSA) is 105 Å². The van der Waals surface area contributed by atoms with Gasteiger partial charge >= 0.3 is 0 Å². The quantitative estimate of drug-likeness (QED) is 0.711. The molecule has 1 aromatic heterocycles. The second-order valence-electron chi connectivity index (χ2n) is 4.57. The van der Waals surface area contributed by atoms with E-state index in [-0.39, 0.29) is 29.6 Å². The Bertz CT molecular complexity index is 613. The lowest BCUT2D eigenvalue weighted by molar-refractivity contribution is -0.151. The third-order valence-electron chi connectivity index (χ3n) is 3.37. The van der Waals surface area contributed by atoms with Gasteiger partial charge in [0.1, 0.15) is 16.7 Å². The first-order valence-electron chi connectivity index (χ1n) is 5.34. The average Bonchev–Trinajstić information content (AvgIpc) is 2.73. The van der Waals surface area contributed by atoms with E-state index < -0.39 is 21.5 Å². The number of fused-ring (bicyclic) bond motifs is 2. The molecule has 3 fully saturated rings. The van der Waals surface area contributed by atoms with Gasteiger partial charge in [-0.05, 0) is 18.9 Å². The highest BCUT2D eigenvalue weighted by Crippen LogP contribution is 2.42. The standard InChI is InChI=1S/C10H10N2O5S/c13-8-6-3-10(4-6,9(14)11-8)12-18(15,16)7-1-2-17-5-7/h1-2,5-6,12H,3-4H2,(H,11,13,14). The molecule has 2 aliphatic heterocycles. The molecule has 1 aliphatic carbocycles. The highest BCUT2D eigenvalue weighted by atomic mass is 32.2. The number of imide groups is 1. The number of furan rings is 1. The van der Waals surface area contributed by atoms with Gasteiger partial charge in [-0.25, -0.2) is 8.42 Å². The Morgan fingerprint density at radius 3 is 2.67 bits per heavy atom. The van der Waals surface area contributed by atoms with Gasteiger partial charge < -0.3 is 4.42 Å². The molecule has 7 nitrogen and oxygen atoms in total. The van der Waals surface area contributed by atoms with Crippen LogP contribution in [-0.4, -0.2) is 25.8 Å². The van der Waals surface area contributed by atoms with Gasteiger partial charge in [-0.2, -0.15) is 4.72 Å². The molecule has 0 unspecified atom stereocenters. The predicted octanol–water partition coefficient (Wildman–Crippen LogP) is -0.637. The highest BCUT2D eigenvalue weighted by Gasteiger charge is 2.59. The fraction of sp³-hybridized carbons (Fsp3) is 0.400. The molecule has 2 saturated heterocycles. The molecule has 0 aromatic carbocycles. The summed E-state index contributed by atoms with van der Waals surface area (Å²) in [6.45, 7) is 0. The summed E-state index contributed by atoms with van der Waals surface area (Å²) in [5.74, 6) is -1.19. The van der Waals surface area contributed by atoms with Gasteiger partial charge in [0.15, 0.2) is 0 Å². The maximum absolute atomic E-state index is 12.0. The molecule has 96 valence electrons. The van der Waals surface area contributed by atoms with E-state index in [1.54, 1.807) is 0 Å². The number of hydrogen-bond acceptors (Lipinski definition) is 5. The van der Waals surface area contributed by atoms with E-state index in [4.69, 9.17) is 4.42 Å². The van der Waals surface area contributed by atoms with E-state index in [0.29, 0.717) is 0 Å². The Labute approximate surface area is 103 Å². The molecule has 3 aliphatic rings. The van der Waals surface area contributed by atoms with E-state index in [1.165, 1.54) is 12.3 Å². The van der Waals surface area contributed by atoms with Crippen LogP contribution in [0.3, 0.4) is 0 Å². The fourth-order valence-electron chi connectivity index (χ4n) is 2.34. The van der Waals surface area contributed by atoms with Crippen molar-refractivity contribution in [1.82, 2.24) is 10.0 Å². The molecule has 2 amide bonds. The van der Waals surface area contributed by atoms with Crippen LogP contribution in [-0.2, 0) is 19.6 Å². The first-order chi connectivity index (χ1) is 8.43. The Hall–Kier alpha value is -1.67. The smallest absolute Gasteiger partial charge is 0.247 e. The van der Waals surface area contributed by atoms with Crippen molar-refractivity contribution in [3.8, 4) is 0 Å². The van der Waals surface area contributed by atoms with Crippen LogP contribution in [0.2, 0.25) is 0 Å². The lowest BCUT2D eigenvalue weighted by atomic mass is 9.65. The Morgan fingerprint density at radius 1 is 1.39 bits per heavy atom. The summed E-state index contributed by atoms with van der Waals surface area (Å²) in [6.07, 6.45) is 2.75. The van der Waals surface area contributed by atoms with E-state index in [9.17, 15) is 18.0 Å². The van der Waals surface area contributed by atoms with E-state index in [1.807, 2.05) is 0 Å². The van der Waals surface area contributed by atoms with E-state index in [0.717, 1.165) is 6.26 Å². The number of hydrogen-bond donors (Lipinski definition) is 2. The zero-order chi connectivity index (χ0) is 13.0. The highest BCUT2D eigenvalue weighted by molar-refractivity contribution is 7.89. The molecule has 2 N–H and O–H groups in total. The van der Waals surface area contributed by atoms with Crippen molar-refractivity contribution in [3.05, 3.63) is 18.6 Å². The number of amides is 2. The number of nitrogens with one attached hydrogen (secondary N) is 2. The van der Waals surface area contributed by atoms with Crippen molar-refractivity contribution >= 4 is 21.8 Å². The van der Waals surface area contributed by atoms with Crippen LogP contribution in [0, 0.1) is 5.92 Å². The number of sulfonamides is 1. The minimum absolute atomic E-state index is 0.0370. The van der Waals surface area contributed by atoms with Crippen LogP contribution in [0.25, 0.3) is 0 Å². The molecule has 4 rings (SSSR count). The molecule has 0 radical (unpaired) electrons. The summed E-state index contributed by atoms with van der Waals surface area (Å²) < 4.78 is 31.0. The molecular weight excluding hydrogens is 260 g/mol. The van der Waals surface area contributed by atoms with Crippen molar-refractivity contribution in [2.45, 2.75) is 23.3 Å². The zero-order valence-electron chi connectivity index (χ0n) is 9.17. The van der Waals surface area contributed by atoms with Gasteiger partial charge in [0.2, 0.25) is 21.8 Å². The molecule has 2 bridgehead atoms. The molecule has 1 saturated carbocycles. The van der Waals surface area contributed by atoms with Crippen LogP contribution in [0.15, 0.2) is 27.9 Å². The van der Waals surface area contributed by atoms with Crippen LogP contribution in [0.4, 0.5) is 0 Å². The van der Waals surface area contributed by atoms with Gasteiger partial charge in [-0.1, -0.05) is 0 Å². The van der Waals surface area contributed by atoms with Crippen molar-refractivity contribution in [3.63, 3.8) is 0 Å². The fourth-order valence-corrected chi connectivity index (χ4v) is 3.65. The van der Waals surface area contributed by atoms with Gasteiger partial charge in [-0.3, -0.25) is 14.9 Å². The average molecular weight is 270 g/mol. The Morgan fingerprint density at radius 2 is 2.11 bits per heavy atom. The number of carbonyl (C=O) groups is 2. The van der Waals surface area contributed by atoms with Crippen LogP contribution < -0.4 is 10.0 Å². The van der Waals surface area contributed by atoms with Gasteiger partial charge in [0.25, 0.3) is 0 Å². The zero-order valence-corrected chi connectivity index (χ0v) is 9.99. The molecule has 3 heterocycles. The molecular formula is C10H10N2O5S. The molecule has 0 spiro atoms. The van der Waals surface area contributed by atoms with Crippen LogP contribution in [0.1, 0.15) is 12.8 Å². The number of carbonyl (C=O) groups excluding carboxylic acids is 2. The molecule has 1 aromatic rings. The van der Waals surface area contributed by atoms with E-state index >= 15 is 0 Å². The summed E-state index contributed by atoms with van der Waals surface area (Å²) in [6, 6.07) is 1.29. The maximum Gasteiger partial charge on any atom is 0.247 e. The van der Waals surface area contributed by atoms with Crippen LogP contribution in [0.5, 0.6) is 0 Å². The first kappa shape index (κ1) is 11.4. The van der Waals surface area contributed by atoms with Gasteiger partial charge in [0, 0.05) is 5.92 Å². The normalized spacial score (nSPS) is 30.8. The number of rotatable bonds is 3. The van der Waals surface area contributed by atoms with Crippen LogP contribution >= 0.6 is 0 Å². The second kappa shape index (κ2) is 3.42. The molecule has 8 heteroatoms. The SMILES string of the molecule is O=C1NC(=O)C2(NS(=O)(=O)c3ccoc3)CC1C2. The Balaban J connectivity index is 1.87. The largest absolute Gasteiger partial charge is 0.471 e. The monoisotopic (exact) mass is 270 g/mol. The summed E-state index contributed by atoms with van der Waals surface area (Å²) in [4.78, 5) is 22.9. The maximum atomic E-state index is 12.0. The third kappa shape index (κ3) is 1.49. The van der Waals surface area contributed by atoms with Crippen molar-refractivity contribution in [1.29, 1.82) is 0 Å². The lowest BCUT2D eigenvalue weighted by Crippen LogP contribution is -2.73. The first-order valence-corrected chi connectivity index (χ1v) is 6.83. The second-order valence-corrected chi connectivity index (χ2v) is 6.25. The molecule has 0 atom stereocenters. The third-order valence-corrected chi connectivity index (χ3v) is 4.88.